The number of aromatic nitrogens is 2. The van der Waals surface area contributed by atoms with Gasteiger partial charge < -0.3 is 0 Å². The van der Waals surface area contributed by atoms with E-state index in [9.17, 15) is 4.79 Å². The molecular weight excluding hydrogens is 398 g/mol. The van der Waals surface area contributed by atoms with Gasteiger partial charge in [0.05, 0.1) is 22.5 Å². The number of rotatable bonds is 5. The summed E-state index contributed by atoms with van der Waals surface area (Å²) in [5.41, 5.74) is 4.79. The molecule has 0 atom stereocenters. The molecule has 0 unspecified atom stereocenters. The number of carbonyl (C=O) groups excluding carboxylic acids is 1. The van der Waals surface area contributed by atoms with Gasteiger partial charge in [0.1, 0.15) is 0 Å². The first-order valence-corrected chi connectivity index (χ1v) is 11.3. The number of pyridine rings is 1. The van der Waals surface area contributed by atoms with E-state index in [4.69, 9.17) is 4.98 Å². The van der Waals surface area contributed by atoms with Crippen molar-refractivity contribution in [2.45, 2.75) is 25.3 Å². The van der Waals surface area contributed by atoms with E-state index in [-0.39, 0.29) is 5.91 Å². The van der Waals surface area contributed by atoms with E-state index in [1.807, 2.05) is 48.7 Å². The highest BCUT2D eigenvalue weighted by Gasteiger charge is 2.23. The van der Waals surface area contributed by atoms with Crippen LogP contribution in [0.4, 0.5) is 5.13 Å². The van der Waals surface area contributed by atoms with E-state index in [1.165, 1.54) is 5.56 Å². The molecule has 0 aliphatic rings. The number of amides is 1. The number of hydrogen-bond acceptors (Lipinski definition) is 5. The Labute approximate surface area is 178 Å². The number of aryl methyl sites for hydroxylation is 2. The van der Waals surface area contributed by atoms with Gasteiger partial charge in [-0.1, -0.05) is 29.5 Å². The Hall–Kier alpha value is -2.70. The van der Waals surface area contributed by atoms with Crippen LogP contribution in [0.3, 0.4) is 0 Å². The summed E-state index contributed by atoms with van der Waals surface area (Å²) >= 11 is 3.16. The fraction of sp³-hybridized carbons (Fsp3) is 0.174. The van der Waals surface area contributed by atoms with Gasteiger partial charge in [-0.25, -0.2) is 4.98 Å². The Morgan fingerprint density at radius 2 is 1.97 bits per heavy atom. The molecule has 4 aromatic rings. The number of benzene rings is 2. The van der Waals surface area contributed by atoms with Crippen LogP contribution in [0.15, 0.2) is 65.7 Å². The number of nitrogens with zero attached hydrogens (tertiary/aromatic N) is 3. The van der Waals surface area contributed by atoms with E-state index in [0.29, 0.717) is 17.2 Å². The van der Waals surface area contributed by atoms with Gasteiger partial charge in [0.2, 0.25) is 0 Å². The lowest BCUT2D eigenvalue weighted by atomic mass is 10.1. The maximum absolute atomic E-state index is 13.5. The summed E-state index contributed by atoms with van der Waals surface area (Å²) in [6.45, 7) is 4.54. The molecule has 4 nitrogen and oxygen atoms in total. The third-order valence-electron chi connectivity index (χ3n) is 4.91. The minimum atomic E-state index is -0.0695. The summed E-state index contributed by atoms with van der Waals surface area (Å²) in [5.74, 6) is -0.0695. The van der Waals surface area contributed by atoms with Gasteiger partial charge in [-0.05, 0) is 67.6 Å². The SMILES string of the molecule is CSc1cccc(C(=O)N(Cc2ccccn2)c2nc3c(C)c(C)ccc3s2)c1. The lowest BCUT2D eigenvalue weighted by Gasteiger charge is -2.20. The summed E-state index contributed by atoms with van der Waals surface area (Å²) in [5, 5.41) is 0.693. The molecule has 29 heavy (non-hydrogen) atoms. The van der Waals surface area contributed by atoms with Gasteiger partial charge in [0.25, 0.3) is 5.91 Å². The van der Waals surface area contributed by atoms with Crippen LogP contribution in [0.1, 0.15) is 27.2 Å². The van der Waals surface area contributed by atoms with Crippen molar-refractivity contribution in [3.8, 4) is 0 Å². The Morgan fingerprint density at radius 3 is 2.72 bits per heavy atom. The lowest BCUT2D eigenvalue weighted by Crippen LogP contribution is -2.30. The second-order valence-electron chi connectivity index (χ2n) is 6.79. The molecule has 6 heteroatoms. The maximum Gasteiger partial charge on any atom is 0.260 e. The molecular formula is C23H21N3OS2. The van der Waals surface area contributed by atoms with Crippen molar-refractivity contribution in [3.05, 3.63) is 83.2 Å². The van der Waals surface area contributed by atoms with Gasteiger partial charge in [-0.3, -0.25) is 14.7 Å². The number of thiazole rings is 1. The molecule has 146 valence electrons. The third kappa shape index (κ3) is 4.04. The Bertz CT molecular complexity index is 1170. The minimum Gasteiger partial charge on any atom is -0.278 e. The fourth-order valence-corrected chi connectivity index (χ4v) is 4.60. The number of thioether (sulfide) groups is 1. The molecule has 2 aromatic heterocycles. The molecule has 0 aliphatic carbocycles. The average molecular weight is 420 g/mol. The predicted octanol–water partition coefficient (Wildman–Crippen LogP) is 5.88. The van der Waals surface area contributed by atoms with E-state index >= 15 is 0 Å². The van der Waals surface area contributed by atoms with Crippen LogP contribution in [-0.4, -0.2) is 22.1 Å². The molecule has 0 spiro atoms. The van der Waals surface area contributed by atoms with E-state index in [1.54, 1.807) is 34.2 Å². The van der Waals surface area contributed by atoms with Gasteiger partial charge in [-0.15, -0.1) is 11.8 Å². The molecule has 4 rings (SSSR count). The summed E-state index contributed by atoms with van der Waals surface area (Å²) < 4.78 is 1.08. The first kappa shape index (κ1) is 19.6. The van der Waals surface area contributed by atoms with Crippen LogP contribution in [0.2, 0.25) is 0 Å². The number of anilines is 1. The first-order chi connectivity index (χ1) is 14.1. The Morgan fingerprint density at radius 1 is 1.10 bits per heavy atom. The van der Waals surface area contributed by atoms with Crippen molar-refractivity contribution < 1.29 is 4.79 Å². The quantitative estimate of drug-likeness (QED) is 0.379. The summed E-state index contributed by atoms with van der Waals surface area (Å²) in [7, 11) is 0. The molecule has 0 aliphatic heterocycles. The third-order valence-corrected chi connectivity index (χ3v) is 6.68. The summed E-state index contributed by atoms with van der Waals surface area (Å²) in [6.07, 6.45) is 3.76. The summed E-state index contributed by atoms with van der Waals surface area (Å²) in [4.78, 5) is 25.6. The van der Waals surface area contributed by atoms with E-state index < -0.39 is 0 Å². The number of carbonyl (C=O) groups is 1. The van der Waals surface area contributed by atoms with Gasteiger partial charge in [0.15, 0.2) is 5.13 Å². The molecule has 0 fully saturated rings. The average Bonchev–Trinajstić information content (AvgIpc) is 3.20. The number of fused-ring (bicyclic) bond motifs is 1. The highest BCUT2D eigenvalue weighted by Crippen LogP contribution is 2.33. The van der Waals surface area contributed by atoms with E-state index in [0.717, 1.165) is 26.4 Å². The van der Waals surface area contributed by atoms with Crippen LogP contribution in [0.5, 0.6) is 0 Å². The normalized spacial score (nSPS) is 11.0. The zero-order valence-electron chi connectivity index (χ0n) is 16.5. The topological polar surface area (TPSA) is 46.1 Å². The van der Waals surface area contributed by atoms with Gasteiger partial charge in [-0.2, -0.15) is 0 Å². The van der Waals surface area contributed by atoms with Crippen molar-refractivity contribution in [1.29, 1.82) is 0 Å². The molecule has 2 aromatic carbocycles. The number of hydrogen-bond donors (Lipinski definition) is 0. The van der Waals surface area contributed by atoms with Crippen molar-refractivity contribution in [2.75, 3.05) is 11.2 Å². The van der Waals surface area contributed by atoms with Crippen molar-refractivity contribution >= 4 is 44.4 Å². The summed E-state index contributed by atoms with van der Waals surface area (Å²) in [6, 6.07) is 17.6. The smallest absolute Gasteiger partial charge is 0.260 e. The monoisotopic (exact) mass is 419 g/mol. The fourth-order valence-electron chi connectivity index (χ4n) is 3.12. The first-order valence-electron chi connectivity index (χ1n) is 9.29. The molecule has 0 saturated heterocycles. The predicted molar refractivity (Wildman–Crippen MR) is 122 cm³/mol. The van der Waals surface area contributed by atoms with Crippen molar-refractivity contribution in [3.63, 3.8) is 0 Å². The molecule has 1 amide bonds. The standard InChI is InChI=1S/C23H21N3OS2/c1-15-10-11-20-21(16(15)2)25-23(29-20)26(14-18-8-4-5-12-24-18)22(27)17-7-6-9-19(13-17)28-3/h4-13H,14H2,1-3H3. The van der Waals surface area contributed by atoms with Crippen LogP contribution in [0, 0.1) is 13.8 Å². The highest BCUT2D eigenvalue weighted by molar-refractivity contribution is 7.98. The van der Waals surface area contributed by atoms with Crippen LogP contribution >= 0.6 is 23.1 Å². The second-order valence-corrected chi connectivity index (χ2v) is 8.68. The minimum absolute atomic E-state index is 0.0695. The molecule has 0 radical (unpaired) electrons. The zero-order chi connectivity index (χ0) is 20.4. The van der Waals surface area contributed by atoms with Crippen LogP contribution in [-0.2, 0) is 6.54 Å². The maximum atomic E-state index is 13.5. The van der Waals surface area contributed by atoms with Gasteiger partial charge in [0, 0.05) is 16.7 Å². The van der Waals surface area contributed by atoms with Crippen molar-refractivity contribution in [1.82, 2.24) is 9.97 Å². The molecule has 2 heterocycles. The Balaban J connectivity index is 1.80. The van der Waals surface area contributed by atoms with Gasteiger partial charge >= 0.3 is 0 Å². The Kier molecular flexibility index (Phi) is 5.65. The molecule has 0 saturated carbocycles. The lowest BCUT2D eigenvalue weighted by molar-refractivity contribution is 0.0984. The second kappa shape index (κ2) is 8.35. The van der Waals surface area contributed by atoms with E-state index in [2.05, 4.69) is 31.0 Å². The zero-order valence-corrected chi connectivity index (χ0v) is 18.2. The van der Waals surface area contributed by atoms with Crippen molar-refractivity contribution in [2.24, 2.45) is 0 Å². The van der Waals surface area contributed by atoms with Crippen LogP contribution in [0.25, 0.3) is 10.2 Å². The molecule has 0 bridgehead atoms. The highest BCUT2D eigenvalue weighted by atomic mass is 32.2. The van der Waals surface area contributed by atoms with Crippen LogP contribution < -0.4 is 4.90 Å². The largest absolute Gasteiger partial charge is 0.278 e. The molecule has 0 N–H and O–H groups in total.